The summed E-state index contributed by atoms with van der Waals surface area (Å²) in [6, 6.07) is 7.37. The van der Waals surface area contributed by atoms with Crippen molar-refractivity contribution in [1.82, 2.24) is 5.32 Å². The summed E-state index contributed by atoms with van der Waals surface area (Å²) < 4.78 is 10.1. The maximum absolute atomic E-state index is 12.0. The molecular formula is C15H21NO5S. The molecule has 0 saturated carbocycles. The molecule has 1 atom stereocenters. The van der Waals surface area contributed by atoms with Crippen LogP contribution in [0.15, 0.2) is 29.2 Å². The fourth-order valence-electron chi connectivity index (χ4n) is 1.98. The van der Waals surface area contributed by atoms with Crippen molar-refractivity contribution in [3.8, 4) is 5.75 Å². The number of hydrogen-bond acceptors (Lipinski definition) is 5. The van der Waals surface area contributed by atoms with Gasteiger partial charge in [-0.2, -0.15) is 0 Å². The second kappa shape index (κ2) is 8.65. The van der Waals surface area contributed by atoms with Gasteiger partial charge in [0, 0.05) is 12.0 Å². The van der Waals surface area contributed by atoms with Crippen LogP contribution in [-0.4, -0.2) is 49.1 Å². The maximum Gasteiger partial charge on any atom is 0.305 e. The number of benzene rings is 1. The van der Waals surface area contributed by atoms with Crippen LogP contribution in [0, 0.1) is 0 Å². The number of amides is 1. The molecule has 0 spiro atoms. The lowest BCUT2D eigenvalue weighted by Gasteiger charge is -2.28. The van der Waals surface area contributed by atoms with Gasteiger partial charge >= 0.3 is 5.97 Å². The Hall–Kier alpha value is -1.73. The smallest absolute Gasteiger partial charge is 0.305 e. The zero-order chi connectivity index (χ0) is 16.6. The fourth-order valence-corrected chi connectivity index (χ4v) is 2.68. The molecule has 1 unspecified atom stereocenters. The predicted octanol–water partition coefficient (Wildman–Crippen LogP) is 1.78. The number of methoxy groups -OCH3 is 2. The lowest BCUT2D eigenvalue weighted by Crippen LogP contribution is -2.51. The van der Waals surface area contributed by atoms with Crippen molar-refractivity contribution >= 4 is 23.6 Å². The summed E-state index contributed by atoms with van der Waals surface area (Å²) >= 11 is 1.37. The van der Waals surface area contributed by atoms with E-state index in [1.54, 1.807) is 14.0 Å². The average Bonchev–Trinajstić information content (AvgIpc) is 2.44. The van der Waals surface area contributed by atoms with E-state index in [4.69, 9.17) is 14.6 Å². The molecule has 0 aromatic heterocycles. The molecule has 0 aliphatic carbocycles. The van der Waals surface area contributed by atoms with E-state index in [1.807, 2.05) is 24.3 Å². The van der Waals surface area contributed by atoms with Crippen LogP contribution in [0.4, 0.5) is 0 Å². The predicted molar refractivity (Wildman–Crippen MR) is 84.4 cm³/mol. The van der Waals surface area contributed by atoms with E-state index in [9.17, 15) is 9.59 Å². The molecule has 0 radical (unpaired) electrons. The minimum absolute atomic E-state index is 0.137. The quantitative estimate of drug-likeness (QED) is 0.673. The van der Waals surface area contributed by atoms with Gasteiger partial charge in [-0.25, -0.2) is 0 Å². The summed E-state index contributed by atoms with van der Waals surface area (Å²) in [7, 11) is 3.06. The van der Waals surface area contributed by atoms with Crippen LogP contribution in [0.25, 0.3) is 0 Å². The molecule has 2 N–H and O–H groups in total. The molecule has 7 heteroatoms. The molecule has 6 nitrogen and oxygen atoms in total. The topological polar surface area (TPSA) is 84.9 Å². The van der Waals surface area contributed by atoms with E-state index in [0.29, 0.717) is 0 Å². The Morgan fingerprint density at radius 1 is 1.27 bits per heavy atom. The summed E-state index contributed by atoms with van der Waals surface area (Å²) in [5.41, 5.74) is -0.919. The van der Waals surface area contributed by atoms with E-state index in [0.717, 1.165) is 10.6 Å². The average molecular weight is 327 g/mol. The van der Waals surface area contributed by atoms with Gasteiger partial charge in [-0.3, -0.25) is 9.59 Å². The highest BCUT2D eigenvalue weighted by atomic mass is 32.2. The number of thioether (sulfide) groups is 1. The number of nitrogens with one attached hydrogen (secondary N) is 1. The molecule has 1 aromatic rings. The molecule has 0 aliphatic heterocycles. The number of aliphatic carboxylic acids is 1. The molecule has 122 valence electrons. The lowest BCUT2D eigenvalue weighted by molar-refractivity contribution is -0.139. The second-order valence-corrected chi connectivity index (χ2v) is 6.13. The first-order valence-electron chi connectivity index (χ1n) is 6.67. The van der Waals surface area contributed by atoms with E-state index in [1.165, 1.54) is 18.9 Å². The first kappa shape index (κ1) is 18.3. The minimum atomic E-state index is -0.984. The van der Waals surface area contributed by atoms with Gasteiger partial charge in [0.2, 0.25) is 5.91 Å². The van der Waals surface area contributed by atoms with E-state index in [2.05, 4.69) is 5.32 Å². The number of carbonyl (C=O) groups is 2. The van der Waals surface area contributed by atoms with Gasteiger partial charge in [-0.05, 0) is 31.2 Å². The van der Waals surface area contributed by atoms with E-state index >= 15 is 0 Å². The van der Waals surface area contributed by atoms with Crippen LogP contribution in [0.2, 0.25) is 0 Å². The highest BCUT2D eigenvalue weighted by Crippen LogP contribution is 2.21. The zero-order valence-corrected chi connectivity index (χ0v) is 13.7. The van der Waals surface area contributed by atoms with Gasteiger partial charge < -0.3 is 19.9 Å². The summed E-state index contributed by atoms with van der Waals surface area (Å²) in [6.45, 7) is 1.79. The molecule has 1 amide bonds. The number of hydrogen-bond donors (Lipinski definition) is 2. The van der Waals surface area contributed by atoms with Crippen molar-refractivity contribution in [2.24, 2.45) is 0 Å². The third-order valence-electron chi connectivity index (χ3n) is 2.87. The van der Waals surface area contributed by atoms with Gasteiger partial charge in [0.1, 0.15) is 5.75 Å². The highest BCUT2D eigenvalue weighted by molar-refractivity contribution is 8.00. The van der Waals surface area contributed by atoms with Crippen LogP contribution < -0.4 is 10.1 Å². The molecule has 22 heavy (non-hydrogen) atoms. The third kappa shape index (κ3) is 6.36. The van der Waals surface area contributed by atoms with Gasteiger partial charge in [0.25, 0.3) is 0 Å². The van der Waals surface area contributed by atoms with Crippen LogP contribution in [0.3, 0.4) is 0 Å². The van der Waals surface area contributed by atoms with Crippen molar-refractivity contribution < 1.29 is 24.2 Å². The monoisotopic (exact) mass is 327 g/mol. The molecule has 0 saturated heterocycles. The number of carboxylic acid groups (broad SMARTS) is 1. The van der Waals surface area contributed by atoms with E-state index in [-0.39, 0.29) is 24.7 Å². The Morgan fingerprint density at radius 3 is 2.41 bits per heavy atom. The first-order valence-corrected chi connectivity index (χ1v) is 7.66. The van der Waals surface area contributed by atoms with Crippen molar-refractivity contribution in [3.05, 3.63) is 24.3 Å². The number of carboxylic acids is 1. The molecule has 0 fully saturated rings. The fraction of sp³-hybridized carbons (Fsp3) is 0.467. The van der Waals surface area contributed by atoms with Gasteiger partial charge in [-0.1, -0.05) is 0 Å². The van der Waals surface area contributed by atoms with Gasteiger partial charge in [0.15, 0.2) is 0 Å². The third-order valence-corrected chi connectivity index (χ3v) is 3.89. The first-order chi connectivity index (χ1) is 10.4. The van der Waals surface area contributed by atoms with Crippen LogP contribution in [0.5, 0.6) is 5.75 Å². The Morgan fingerprint density at radius 2 is 1.91 bits per heavy atom. The lowest BCUT2D eigenvalue weighted by atomic mass is 9.99. The van der Waals surface area contributed by atoms with Gasteiger partial charge in [-0.15, -0.1) is 11.8 Å². The Balaban J connectivity index is 2.54. The molecule has 0 aliphatic rings. The standard InChI is InChI=1S/C15H21NO5S/c1-15(10-20-2,8-14(18)19)16-13(17)9-22-12-6-4-11(21-3)5-7-12/h4-7H,8-10H2,1-3H3,(H,16,17)(H,18,19). The number of ether oxygens (including phenoxy) is 2. The minimum Gasteiger partial charge on any atom is -0.497 e. The Kier molecular flexibility index (Phi) is 7.20. The Labute approximate surface area is 134 Å². The van der Waals surface area contributed by atoms with Crippen molar-refractivity contribution in [2.45, 2.75) is 23.8 Å². The summed E-state index contributed by atoms with van der Waals surface area (Å²) in [4.78, 5) is 23.8. The maximum atomic E-state index is 12.0. The molecule has 1 aromatic carbocycles. The van der Waals surface area contributed by atoms with Crippen molar-refractivity contribution in [1.29, 1.82) is 0 Å². The number of rotatable bonds is 9. The SMILES string of the molecule is COCC(C)(CC(=O)O)NC(=O)CSc1ccc(OC)cc1. The normalized spacial score (nSPS) is 13.2. The summed E-state index contributed by atoms with van der Waals surface area (Å²) in [6.07, 6.45) is -0.195. The number of carbonyl (C=O) groups excluding carboxylic acids is 1. The largest absolute Gasteiger partial charge is 0.497 e. The molecule has 1 rings (SSSR count). The van der Waals surface area contributed by atoms with E-state index < -0.39 is 11.5 Å². The highest BCUT2D eigenvalue weighted by Gasteiger charge is 2.29. The molecule has 0 heterocycles. The molecule has 0 bridgehead atoms. The summed E-state index contributed by atoms with van der Waals surface area (Å²) in [5.74, 6) is -0.266. The second-order valence-electron chi connectivity index (χ2n) is 5.08. The summed E-state index contributed by atoms with van der Waals surface area (Å²) in [5, 5.41) is 11.7. The zero-order valence-electron chi connectivity index (χ0n) is 12.9. The van der Waals surface area contributed by atoms with Crippen LogP contribution >= 0.6 is 11.8 Å². The molecular weight excluding hydrogens is 306 g/mol. The van der Waals surface area contributed by atoms with Gasteiger partial charge in [0.05, 0.1) is 31.4 Å². The van der Waals surface area contributed by atoms with Crippen LogP contribution in [0.1, 0.15) is 13.3 Å². The van der Waals surface area contributed by atoms with Crippen molar-refractivity contribution in [3.63, 3.8) is 0 Å². The van der Waals surface area contributed by atoms with Crippen molar-refractivity contribution in [2.75, 3.05) is 26.6 Å². The Bertz CT molecular complexity index is 505. The van der Waals surface area contributed by atoms with Crippen LogP contribution in [-0.2, 0) is 14.3 Å².